The molecule has 1 unspecified atom stereocenters. The zero-order valence-electron chi connectivity index (χ0n) is 13.2. The average Bonchev–Trinajstić information content (AvgIpc) is 2.47. The predicted molar refractivity (Wildman–Crippen MR) is 87.3 cm³/mol. The molecule has 5 heteroatoms. The molecule has 3 N–H and O–H groups in total. The Hall–Kier alpha value is -2.43. The van der Waals surface area contributed by atoms with Crippen molar-refractivity contribution in [2.45, 2.75) is 33.2 Å². The highest BCUT2D eigenvalue weighted by Crippen LogP contribution is 2.16. The van der Waals surface area contributed by atoms with Gasteiger partial charge in [0.2, 0.25) is 0 Å². The zero-order valence-corrected chi connectivity index (χ0v) is 13.2. The van der Waals surface area contributed by atoms with Crippen molar-refractivity contribution in [1.82, 2.24) is 15.3 Å². The number of nitrogens with one attached hydrogen (secondary N) is 1. The van der Waals surface area contributed by atoms with Crippen LogP contribution in [0.2, 0.25) is 0 Å². The summed E-state index contributed by atoms with van der Waals surface area (Å²) in [6.45, 7) is 6.33. The highest BCUT2D eigenvalue weighted by molar-refractivity contribution is 5.96. The molecule has 0 saturated heterocycles. The molecule has 116 valence electrons. The third kappa shape index (κ3) is 4.04. The minimum absolute atomic E-state index is 0.123. The first-order valence-corrected chi connectivity index (χ1v) is 7.43. The van der Waals surface area contributed by atoms with E-state index < -0.39 is 0 Å². The molecule has 1 aromatic heterocycles. The molecular formula is C17H22N4O. The third-order valence-electron chi connectivity index (χ3n) is 3.41. The summed E-state index contributed by atoms with van der Waals surface area (Å²) in [5.74, 6) is 0.450. The van der Waals surface area contributed by atoms with E-state index in [0.29, 0.717) is 5.92 Å². The Morgan fingerprint density at radius 1 is 1.14 bits per heavy atom. The molecule has 2 aromatic rings. The molecule has 1 aromatic carbocycles. The van der Waals surface area contributed by atoms with E-state index in [1.165, 1.54) is 18.0 Å². The lowest BCUT2D eigenvalue weighted by Gasteiger charge is -2.15. The number of nitrogens with two attached hydrogens (primary N) is 1. The van der Waals surface area contributed by atoms with Gasteiger partial charge >= 0.3 is 0 Å². The number of rotatable bonds is 5. The van der Waals surface area contributed by atoms with Gasteiger partial charge in [0.15, 0.2) is 11.5 Å². The number of anilines is 1. The first-order valence-electron chi connectivity index (χ1n) is 7.43. The maximum Gasteiger partial charge on any atom is 0.274 e. The number of nitrogens with zero attached hydrogens (tertiary/aromatic N) is 2. The second-order valence-corrected chi connectivity index (χ2v) is 5.82. The lowest BCUT2D eigenvalue weighted by molar-refractivity contribution is 0.0935. The van der Waals surface area contributed by atoms with Crippen molar-refractivity contribution in [2.75, 3.05) is 5.73 Å². The Labute approximate surface area is 131 Å². The summed E-state index contributed by atoms with van der Waals surface area (Å²) in [6.07, 6.45) is 3.97. The number of hydrogen-bond acceptors (Lipinski definition) is 4. The monoisotopic (exact) mass is 298 g/mol. The van der Waals surface area contributed by atoms with Crippen LogP contribution in [0.1, 0.15) is 48.4 Å². The Balaban J connectivity index is 2.04. The minimum Gasteiger partial charge on any atom is -0.382 e. The van der Waals surface area contributed by atoms with Gasteiger partial charge in [0.05, 0.1) is 6.04 Å². The summed E-state index contributed by atoms with van der Waals surface area (Å²) in [4.78, 5) is 20.0. The smallest absolute Gasteiger partial charge is 0.274 e. The Kier molecular flexibility index (Phi) is 5.09. The molecule has 0 aliphatic heterocycles. The molecule has 0 fully saturated rings. The molecule has 0 aliphatic rings. The molecule has 1 atom stereocenters. The van der Waals surface area contributed by atoms with Crippen LogP contribution in [0.5, 0.6) is 0 Å². The van der Waals surface area contributed by atoms with Gasteiger partial charge in [0.25, 0.3) is 5.91 Å². The highest BCUT2D eigenvalue weighted by Gasteiger charge is 2.15. The lowest BCUT2D eigenvalue weighted by Crippen LogP contribution is -2.28. The largest absolute Gasteiger partial charge is 0.382 e. The molecule has 22 heavy (non-hydrogen) atoms. The summed E-state index contributed by atoms with van der Waals surface area (Å²) >= 11 is 0. The van der Waals surface area contributed by atoms with E-state index in [9.17, 15) is 4.79 Å². The Morgan fingerprint density at radius 2 is 1.77 bits per heavy atom. The van der Waals surface area contributed by atoms with Crippen molar-refractivity contribution in [1.29, 1.82) is 0 Å². The molecule has 0 radical (unpaired) electrons. The van der Waals surface area contributed by atoms with Crippen LogP contribution in [0.25, 0.3) is 0 Å². The van der Waals surface area contributed by atoms with Crippen LogP contribution < -0.4 is 11.1 Å². The SMILES string of the molecule is CC(C)Cc1ccc(C(C)NC(=O)c2nccnc2N)cc1. The van der Waals surface area contributed by atoms with Crippen molar-refractivity contribution >= 4 is 11.7 Å². The fourth-order valence-electron chi connectivity index (χ4n) is 2.29. The van der Waals surface area contributed by atoms with Gasteiger partial charge in [-0.3, -0.25) is 4.79 Å². The predicted octanol–water partition coefficient (Wildman–Crippen LogP) is 2.75. The summed E-state index contributed by atoms with van der Waals surface area (Å²) in [5, 5.41) is 2.89. The van der Waals surface area contributed by atoms with Crippen molar-refractivity contribution in [3.63, 3.8) is 0 Å². The van der Waals surface area contributed by atoms with Gasteiger partial charge in [0, 0.05) is 12.4 Å². The minimum atomic E-state index is -0.315. The molecule has 0 aliphatic carbocycles. The van der Waals surface area contributed by atoms with Crippen LogP contribution in [0, 0.1) is 5.92 Å². The number of aromatic nitrogens is 2. The molecule has 5 nitrogen and oxygen atoms in total. The number of benzene rings is 1. The van der Waals surface area contributed by atoms with E-state index in [0.717, 1.165) is 12.0 Å². The van der Waals surface area contributed by atoms with Gasteiger partial charge in [-0.1, -0.05) is 38.1 Å². The highest BCUT2D eigenvalue weighted by atomic mass is 16.2. The summed E-state index contributed by atoms with van der Waals surface area (Å²) < 4.78 is 0. The summed E-state index contributed by atoms with van der Waals surface area (Å²) in [6, 6.07) is 8.18. The molecule has 0 bridgehead atoms. The number of amides is 1. The number of hydrogen-bond donors (Lipinski definition) is 2. The second-order valence-electron chi connectivity index (χ2n) is 5.82. The topological polar surface area (TPSA) is 80.9 Å². The van der Waals surface area contributed by atoms with Gasteiger partial charge in [0.1, 0.15) is 0 Å². The lowest BCUT2D eigenvalue weighted by atomic mass is 10.00. The van der Waals surface area contributed by atoms with Crippen LogP contribution in [-0.2, 0) is 6.42 Å². The number of nitrogen functional groups attached to an aromatic ring is 1. The van der Waals surface area contributed by atoms with E-state index in [1.807, 2.05) is 19.1 Å². The maximum atomic E-state index is 12.2. The van der Waals surface area contributed by atoms with E-state index in [4.69, 9.17) is 5.73 Å². The van der Waals surface area contributed by atoms with E-state index in [2.05, 4.69) is 41.3 Å². The van der Waals surface area contributed by atoms with E-state index >= 15 is 0 Å². The van der Waals surface area contributed by atoms with Crippen molar-refractivity contribution in [3.8, 4) is 0 Å². The second kappa shape index (κ2) is 7.02. The van der Waals surface area contributed by atoms with Crippen LogP contribution in [-0.4, -0.2) is 15.9 Å². The molecule has 2 rings (SSSR count). The maximum absolute atomic E-state index is 12.2. The third-order valence-corrected chi connectivity index (χ3v) is 3.41. The van der Waals surface area contributed by atoms with Crippen LogP contribution in [0.4, 0.5) is 5.82 Å². The zero-order chi connectivity index (χ0) is 16.1. The normalized spacial score (nSPS) is 12.2. The fraction of sp³-hybridized carbons (Fsp3) is 0.353. The first kappa shape index (κ1) is 15.9. The molecule has 0 spiro atoms. The molecule has 1 amide bonds. The van der Waals surface area contributed by atoms with Crippen molar-refractivity contribution in [3.05, 3.63) is 53.5 Å². The molecule has 0 saturated carbocycles. The van der Waals surface area contributed by atoms with Crippen LogP contribution >= 0.6 is 0 Å². The molecule has 1 heterocycles. The quantitative estimate of drug-likeness (QED) is 0.889. The van der Waals surface area contributed by atoms with Gasteiger partial charge in [-0.25, -0.2) is 9.97 Å². The fourth-order valence-corrected chi connectivity index (χ4v) is 2.29. The Bertz CT molecular complexity index is 637. The van der Waals surface area contributed by atoms with Gasteiger partial charge < -0.3 is 11.1 Å². The van der Waals surface area contributed by atoms with E-state index in [1.54, 1.807) is 0 Å². The average molecular weight is 298 g/mol. The molecular weight excluding hydrogens is 276 g/mol. The number of carbonyl (C=O) groups is 1. The van der Waals surface area contributed by atoms with Crippen molar-refractivity contribution in [2.24, 2.45) is 5.92 Å². The van der Waals surface area contributed by atoms with Crippen LogP contribution in [0.15, 0.2) is 36.7 Å². The van der Waals surface area contributed by atoms with Crippen molar-refractivity contribution < 1.29 is 4.79 Å². The van der Waals surface area contributed by atoms with Gasteiger partial charge in [-0.2, -0.15) is 0 Å². The number of carbonyl (C=O) groups excluding carboxylic acids is 1. The Morgan fingerprint density at radius 3 is 2.36 bits per heavy atom. The summed E-state index contributed by atoms with van der Waals surface area (Å²) in [5.41, 5.74) is 8.17. The van der Waals surface area contributed by atoms with Gasteiger partial charge in [-0.15, -0.1) is 0 Å². The van der Waals surface area contributed by atoms with E-state index in [-0.39, 0.29) is 23.5 Å². The standard InChI is InChI=1S/C17H22N4O/c1-11(2)10-13-4-6-14(7-5-13)12(3)21-17(22)15-16(18)20-9-8-19-15/h4-9,11-12H,10H2,1-3H3,(H2,18,20)(H,21,22). The van der Waals surface area contributed by atoms with Gasteiger partial charge in [-0.05, 0) is 30.4 Å². The first-order chi connectivity index (χ1) is 10.5. The van der Waals surface area contributed by atoms with Crippen LogP contribution in [0.3, 0.4) is 0 Å². The summed E-state index contributed by atoms with van der Waals surface area (Å²) in [7, 11) is 0.